The molecule has 0 aromatic heterocycles. The summed E-state index contributed by atoms with van der Waals surface area (Å²) < 4.78 is 15.8. The molecule has 2 heterocycles. The van der Waals surface area contributed by atoms with Crippen LogP contribution in [0.5, 0.6) is 23.0 Å². The molecule has 2 atom stereocenters. The number of phenols is 1. The number of hydrazine groups is 1. The van der Waals surface area contributed by atoms with Gasteiger partial charge in [0.2, 0.25) is 6.79 Å². The van der Waals surface area contributed by atoms with E-state index in [2.05, 4.69) is 21.4 Å². The summed E-state index contributed by atoms with van der Waals surface area (Å²) in [6.45, 7) is 0.227. The first kappa shape index (κ1) is 18.1. The number of phenolic OH excluding ortho intramolecular Hbond substituents is 1. The van der Waals surface area contributed by atoms with Crippen molar-refractivity contribution in [2.75, 3.05) is 13.9 Å². The number of amides is 1. The summed E-state index contributed by atoms with van der Waals surface area (Å²) in [4.78, 5) is 12.3. The van der Waals surface area contributed by atoms with Crippen LogP contribution in [-0.4, -0.2) is 37.2 Å². The Balaban J connectivity index is 1.33. The molecule has 28 heavy (non-hydrogen) atoms. The molecule has 0 spiro atoms. The number of rotatable bonds is 5. The fourth-order valence-corrected chi connectivity index (χ4v) is 3.10. The van der Waals surface area contributed by atoms with E-state index in [0.29, 0.717) is 23.5 Å². The van der Waals surface area contributed by atoms with E-state index in [4.69, 9.17) is 14.2 Å². The van der Waals surface area contributed by atoms with Gasteiger partial charge in [-0.05, 0) is 47.9 Å². The minimum atomic E-state index is -0.429. The van der Waals surface area contributed by atoms with Crippen molar-refractivity contribution in [3.63, 3.8) is 0 Å². The highest BCUT2D eigenvalue weighted by Crippen LogP contribution is 2.35. The zero-order valence-electron chi connectivity index (χ0n) is 15.1. The van der Waals surface area contributed by atoms with E-state index in [-0.39, 0.29) is 24.5 Å². The Morgan fingerprint density at radius 3 is 2.96 bits per heavy atom. The van der Waals surface area contributed by atoms with Crippen LogP contribution in [0.3, 0.4) is 0 Å². The molecule has 9 heteroatoms. The number of ether oxygens (including phenoxy) is 3. The number of hydrogen-bond donors (Lipinski definition) is 4. The lowest BCUT2D eigenvalue weighted by atomic mass is 10.0. The predicted molar refractivity (Wildman–Crippen MR) is 100 cm³/mol. The van der Waals surface area contributed by atoms with Gasteiger partial charge in [-0.3, -0.25) is 4.79 Å². The largest absolute Gasteiger partial charge is 0.504 e. The third kappa shape index (κ3) is 3.71. The number of nitrogens with zero attached hydrogens (tertiary/aromatic N) is 1. The summed E-state index contributed by atoms with van der Waals surface area (Å²) >= 11 is 0. The van der Waals surface area contributed by atoms with Crippen LogP contribution in [0.4, 0.5) is 0 Å². The third-order valence-corrected chi connectivity index (χ3v) is 4.61. The fraction of sp³-hybridized carbons (Fsp3) is 0.263. The second-order valence-corrected chi connectivity index (χ2v) is 6.41. The minimum absolute atomic E-state index is 0.0319. The van der Waals surface area contributed by atoms with Gasteiger partial charge in [-0.2, -0.15) is 5.10 Å². The molecule has 1 saturated heterocycles. The molecule has 2 aromatic rings. The van der Waals surface area contributed by atoms with Gasteiger partial charge >= 0.3 is 0 Å². The highest BCUT2D eigenvalue weighted by Gasteiger charge is 2.31. The van der Waals surface area contributed by atoms with Crippen molar-refractivity contribution in [3.05, 3.63) is 47.5 Å². The normalized spacial score (nSPS) is 20.5. The van der Waals surface area contributed by atoms with Crippen molar-refractivity contribution >= 4 is 12.1 Å². The van der Waals surface area contributed by atoms with Crippen molar-refractivity contribution in [2.24, 2.45) is 5.10 Å². The first-order valence-corrected chi connectivity index (χ1v) is 8.74. The van der Waals surface area contributed by atoms with Gasteiger partial charge in [-0.25, -0.2) is 16.3 Å². The molecule has 0 radical (unpaired) electrons. The molecule has 0 aliphatic carbocycles. The van der Waals surface area contributed by atoms with Gasteiger partial charge in [-0.15, -0.1) is 0 Å². The second kappa shape index (κ2) is 7.75. The smallest absolute Gasteiger partial charge is 0.258 e. The Labute approximate surface area is 161 Å². The Hall–Kier alpha value is -3.30. The maximum atomic E-state index is 12.3. The Morgan fingerprint density at radius 2 is 2.11 bits per heavy atom. The molecule has 1 fully saturated rings. The number of carbonyl (C=O) groups excluding carboxylic acids is 1. The van der Waals surface area contributed by atoms with Crippen molar-refractivity contribution in [1.82, 2.24) is 16.3 Å². The molecule has 2 unspecified atom stereocenters. The van der Waals surface area contributed by atoms with Crippen LogP contribution < -0.4 is 30.5 Å². The van der Waals surface area contributed by atoms with E-state index >= 15 is 0 Å². The molecule has 4 rings (SSSR count). The highest BCUT2D eigenvalue weighted by molar-refractivity contribution is 5.85. The molecule has 0 saturated carbocycles. The standard InChI is InChI=1S/C19H20N4O5/c1-26-17-6-11(2-4-15(17)24)9-20-23-19(25)14-8-13(21-22-14)12-3-5-16-18(7-12)28-10-27-16/h2-7,9,13-14,21-22,24H,8,10H2,1H3,(H,23,25)/b20-9+. The monoisotopic (exact) mass is 384 g/mol. The van der Waals surface area contributed by atoms with Gasteiger partial charge < -0.3 is 19.3 Å². The van der Waals surface area contributed by atoms with E-state index in [1.54, 1.807) is 12.1 Å². The second-order valence-electron chi connectivity index (χ2n) is 6.41. The average Bonchev–Trinajstić information content (AvgIpc) is 3.38. The molecule has 0 bridgehead atoms. The average molecular weight is 384 g/mol. The maximum Gasteiger partial charge on any atom is 0.258 e. The Morgan fingerprint density at radius 1 is 1.25 bits per heavy atom. The first-order chi connectivity index (χ1) is 13.6. The summed E-state index contributed by atoms with van der Waals surface area (Å²) in [5.74, 6) is 1.56. The van der Waals surface area contributed by atoms with Gasteiger partial charge in [0, 0.05) is 6.04 Å². The van der Waals surface area contributed by atoms with Crippen molar-refractivity contribution < 1.29 is 24.1 Å². The zero-order valence-corrected chi connectivity index (χ0v) is 15.1. The van der Waals surface area contributed by atoms with Crippen LogP contribution in [0.1, 0.15) is 23.6 Å². The zero-order chi connectivity index (χ0) is 19.5. The summed E-state index contributed by atoms with van der Waals surface area (Å²) in [6, 6.07) is 10.1. The van der Waals surface area contributed by atoms with Crippen LogP contribution in [-0.2, 0) is 4.79 Å². The number of methoxy groups -OCH3 is 1. The molecule has 1 amide bonds. The van der Waals surface area contributed by atoms with E-state index in [1.165, 1.54) is 19.4 Å². The fourth-order valence-electron chi connectivity index (χ4n) is 3.10. The molecule has 146 valence electrons. The van der Waals surface area contributed by atoms with Gasteiger partial charge in [0.1, 0.15) is 6.04 Å². The molecule has 9 nitrogen and oxygen atoms in total. The number of hydrazone groups is 1. The number of hydrogen-bond acceptors (Lipinski definition) is 8. The highest BCUT2D eigenvalue weighted by atomic mass is 16.7. The van der Waals surface area contributed by atoms with Gasteiger partial charge in [0.25, 0.3) is 5.91 Å². The van der Waals surface area contributed by atoms with E-state index in [9.17, 15) is 9.90 Å². The molecular weight excluding hydrogens is 364 g/mol. The Bertz CT molecular complexity index is 917. The predicted octanol–water partition coefficient (Wildman–Crippen LogP) is 1.19. The maximum absolute atomic E-state index is 12.3. The number of carbonyl (C=O) groups is 1. The Kier molecular flexibility index (Phi) is 5.00. The number of aromatic hydroxyl groups is 1. The third-order valence-electron chi connectivity index (χ3n) is 4.61. The van der Waals surface area contributed by atoms with E-state index in [0.717, 1.165) is 11.3 Å². The molecule has 2 aliphatic heterocycles. The minimum Gasteiger partial charge on any atom is -0.504 e. The van der Waals surface area contributed by atoms with Crippen molar-refractivity contribution in [2.45, 2.75) is 18.5 Å². The first-order valence-electron chi connectivity index (χ1n) is 8.74. The SMILES string of the molecule is COc1cc(/C=N/NC(=O)C2CC(c3ccc4c(c3)OCO4)NN2)ccc1O. The number of benzene rings is 2. The summed E-state index contributed by atoms with van der Waals surface area (Å²) in [6.07, 6.45) is 2.05. The van der Waals surface area contributed by atoms with Gasteiger partial charge in [-0.1, -0.05) is 6.07 Å². The van der Waals surface area contributed by atoms with Gasteiger partial charge in [0.05, 0.1) is 13.3 Å². The van der Waals surface area contributed by atoms with E-state index in [1.807, 2.05) is 18.2 Å². The van der Waals surface area contributed by atoms with Gasteiger partial charge in [0.15, 0.2) is 23.0 Å². The van der Waals surface area contributed by atoms with Crippen molar-refractivity contribution in [3.8, 4) is 23.0 Å². The molecule has 2 aromatic carbocycles. The van der Waals surface area contributed by atoms with Crippen LogP contribution in [0.2, 0.25) is 0 Å². The lowest BCUT2D eigenvalue weighted by Crippen LogP contribution is -2.41. The lowest BCUT2D eigenvalue weighted by molar-refractivity contribution is -0.122. The number of fused-ring (bicyclic) bond motifs is 1. The van der Waals surface area contributed by atoms with Crippen LogP contribution in [0.25, 0.3) is 0 Å². The quantitative estimate of drug-likeness (QED) is 0.452. The summed E-state index contributed by atoms with van der Waals surface area (Å²) in [7, 11) is 1.47. The molecule has 2 aliphatic rings. The molecule has 4 N–H and O–H groups in total. The van der Waals surface area contributed by atoms with Crippen LogP contribution in [0, 0.1) is 0 Å². The van der Waals surface area contributed by atoms with Crippen molar-refractivity contribution in [1.29, 1.82) is 0 Å². The van der Waals surface area contributed by atoms with Crippen LogP contribution >= 0.6 is 0 Å². The lowest BCUT2D eigenvalue weighted by Gasteiger charge is -2.10. The van der Waals surface area contributed by atoms with Crippen LogP contribution in [0.15, 0.2) is 41.5 Å². The summed E-state index contributed by atoms with van der Waals surface area (Å²) in [5, 5.41) is 13.6. The summed E-state index contributed by atoms with van der Waals surface area (Å²) in [5.41, 5.74) is 10.3. The molecular formula is C19H20N4O5. The van der Waals surface area contributed by atoms with E-state index < -0.39 is 6.04 Å². The number of nitrogens with one attached hydrogen (secondary N) is 3. The topological polar surface area (TPSA) is 113 Å².